The van der Waals surface area contributed by atoms with E-state index in [1.807, 2.05) is 54.6 Å². The molecule has 0 aromatic heterocycles. The van der Waals surface area contributed by atoms with E-state index >= 15 is 0 Å². The van der Waals surface area contributed by atoms with Crippen molar-refractivity contribution in [3.63, 3.8) is 0 Å². The summed E-state index contributed by atoms with van der Waals surface area (Å²) in [6, 6.07) is 26.4. The molecule has 1 amide bonds. The second-order valence-electron chi connectivity index (χ2n) is 6.40. The maximum atomic E-state index is 11.5. The molecule has 0 spiro atoms. The van der Waals surface area contributed by atoms with Crippen LogP contribution in [0.5, 0.6) is 5.75 Å². The zero-order chi connectivity index (χ0) is 19.1. The van der Waals surface area contributed by atoms with Gasteiger partial charge >= 0.3 is 0 Å². The molecule has 0 aliphatic carbocycles. The summed E-state index contributed by atoms with van der Waals surface area (Å²) in [5, 5.41) is 2.86. The summed E-state index contributed by atoms with van der Waals surface area (Å²) in [6.45, 7) is 2.97. The van der Waals surface area contributed by atoms with Crippen LogP contribution in [-0.2, 0) is 17.9 Å². The van der Waals surface area contributed by atoms with Gasteiger partial charge in [0.15, 0.2) is 0 Å². The fourth-order valence-corrected chi connectivity index (χ4v) is 3.05. The topological polar surface area (TPSA) is 41.6 Å². The molecule has 0 fully saturated rings. The molecule has 3 aromatic carbocycles. The number of hydrogen-bond donors (Lipinski definition) is 1. The molecular formula is C23H24N2O2. The van der Waals surface area contributed by atoms with Crippen LogP contribution in [-0.4, -0.2) is 13.0 Å². The summed E-state index contributed by atoms with van der Waals surface area (Å²) in [7, 11) is 1.67. The molecule has 3 rings (SSSR count). The quantitative estimate of drug-likeness (QED) is 0.654. The van der Waals surface area contributed by atoms with Gasteiger partial charge in [-0.05, 0) is 29.3 Å². The average Bonchev–Trinajstić information content (AvgIpc) is 2.68. The minimum absolute atomic E-state index is 0.0937. The Morgan fingerprint density at radius 2 is 1.44 bits per heavy atom. The van der Waals surface area contributed by atoms with Crippen LogP contribution >= 0.6 is 0 Å². The molecule has 27 heavy (non-hydrogen) atoms. The van der Waals surface area contributed by atoms with Gasteiger partial charge in [0.2, 0.25) is 5.91 Å². The molecule has 1 N–H and O–H groups in total. The molecule has 0 saturated heterocycles. The summed E-state index contributed by atoms with van der Waals surface area (Å²) in [4.78, 5) is 13.7. The zero-order valence-electron chi connectivity index (χ0n) is 15.7. The first-order valence-corrected chi connectivity index (χ1v) is 8.94. The smallest absolute Gasteiger partial charge is 0.221 e. The van der Waals surface area contributed by atoms with Crippen LogP contribution in [0.2, 0.25) is 0 Å². The van der Waals surface area contributed by atoms with Crippen molar-refractivity contribution in [2.45, 2.75) is 20.0 Å². The number of nitrogens with one attached hydrogen (secondary N) is 1. The molecule has 4 nitrogen and oxygen atoms in total. The number of amides is 1. The Kier molecular flexibility index (Phi) is 6.10. The fraction of sp³-hybridized carbons (Fsp3) is 0.174. The molecular weight excluding hydrogens is 336 g/mol. The first-order chi connectivity index (χ1) is 13.2. The minimum Gasteiger partial charge on any atom is -0.495 e. The van der Waals surface area contributed by atoms with Crippen molar-refractivity contribution >= 4 is 17.3 Å². The summed E-state index contributed by atoms with van der Waals surface area (Å²) < 4.78 is 5.61. The summed E-state index contributed by atoms with van der Waals surface area (Å²) >= 11 is 0. The number of hydrogen-bond acceptors (Lipinski definition) is 3. The van der Waals surface area contributed by atoms with Gasteiger partial charge < -0.3 is 15.0 Å². The maximum absolute atomic E-state index is 11.5. The Morgan fingerprint density at radius 3 is 1.93 bits per heavy atom. The van der Waals surface area contributed by atoms with E-state index in [9.17, 15) is 4.79 Å². The lowest BCUT2D eigenvalue weighted by Gasteiger charge is -2.27. The predicted molar refractivity (Wildman–Crippen MR) is 110 cm³/mol. The molecule has 0 aliphatic rings. The Balaban J connectivity index is 1.98. The summed E-state index contributed by atoms with van der Waals surface area (Å²) in [5.74, 6) is 0.680. The first-order valence-electron chi connectivity index (χ1n) is 8.94. The van der Waals surface area contributed by atoms with Crippen molar-refractivity contribution in [2.75, 3.05) is 17.3 Å². The fourth-order valence-electron chi connectivity index (χ4n) is 3.05. The lowest BCUT2D eigenvalue weighted by molar-refractivity contribution is -0.114. The number of ether oxygens (including phenoxy) is 1. The van der Waals surface area contributed by atoms with Crippen molar-refractivity contribution in [1.82, 2.24) is 0 Å². The van der Waals surface area contributed by atoms with Crippen molar-refractivity contribution in [1.29, 1.82) is 0 Å². The van der Waals surface area contributed by atoms with Gasteiger partial charge in [0, 0.05) is 25.7 Å². The third-order valence-corrected chi connectivity index (χ3v) is 4.27. The van der Waals surface area contributed by atoms with Gasteiger partial charge in [-0.15, -0.1) is 0 Å². The molecule has 138 valence electrons. The van der Waals surface area contributed by atoms with Crippen LogP contribution in [0.15, 0.2) is 78.9 Å². The third-order valence-electron chi connectivity index (χ3n) is 4.27. The number of nitrogens with zero attached hydrogens (tertiary/aromatic N) is 1. The van der Waals surface area contributed by atoms with Crippen LogP contribution in [0.25, 0.3) is 0 Å². The summed E-state index contributed by atoms with van der Waals surface area (Å²) in [6.07, 6.45) is 0. The van der Waals surface area contributed by atoms with Crippen LogP contribution in [0.4, 0.5) is 11.4 Å². The van der Waals surface area contributed by atoms with E-state index in [1.54, 1.807) is 7.11 Å². The highest BCUT2D eigenvalue weighted by atomic mass is 16.5. The lowest BCUT2D eigenvalue weighted by atomic mass is 10.1. The van der Waals surface area contributed by atoms with E-state index in [-0.39, 0.29) is 5.91 Å². The first kappa shape index (κ1) is 18.5. The molecule has 0 bridgehead atoms. The number of rotatable bonds is 7. The van der Waals surface area contributed by atoms with Crippen molar-refractivity contribution < 1.29 is 9.53 Å². The monoisotopic (exact) mass is 360 g/mol. The molecule has 0 unspecified atom stereocenters. The van der Waals surface area contributed by atoms with Gasteiger partial charge in [-0.1, -0.05) is 60.7 Å². The number of carbonyl (C=O) groups excluding carboxylic acids is 1. The zero-order valence-corrected chi connectivity index (χ0v) is 15.7. The molecule has 0 atom stereocenters. The highest BCUT2D eigenvalue weighted by Gasteiger charge is 2.15. The highest BCUT2D eigenvalue weighted by Crippen LogP contribution is 2.33. The number of carbonyl (C=O) groups is 1. The normalized spacial score (nSPS) is 10.3. The van der Waals surface area contributed by atoms with E-state index in [4.69, 9.17) is 4.74 Å². The van der Waals surface area contributed by atoms with Crippen LogP contribution in [0.1, 0.15) is 18.1 Å². The standard InChI is InChI=1S/C23H24N2O2/c1-18(26)24-21-13-14-23(27-2)22(15-21)25(16-19-9-5-3-6-10-19)17-20-11-7-4-8-12-20/h3-15H,16-17H2,1-2H3,(H,24,26). The number of anilines is 2. The Labute approximate surface area is 160 Å². The SMILES string of the molecule is COc1ccc(NC(C)=O)cc1N(Cc1ccccc1)Cc1ccccc1. The van der Waals surface area contributed by atoms with Crippen LogP contribution in [0.3, 0.4) is 0 Å². The molecule has 3 aromatic rings. The molecule has 4 heteroatoms. The second-order valence-corrected chi connectivity index (χ2v) is 6.40. The Morgan fingerprint density at radius 1 is 0.889 bits per heavy atom. The summed E-state index contributed by atoms with van der Waals surface area (Å²) in [5.41, 5.74) is 4.11. The van der Waals surface area contributed by atoms with Crippen molar-refractivity contribution in [3.05, 3.63) is 90.0 Å². The van der Waals surface area contributed by atoms with Crippen molar-refractivity contribution in [2.24, 2.45) is 0 Å². The third kappa shape index (κ3) is 5.11. The number of benzene rings is 3. The van der Waals surface area contributed by atoms with Gasteiger partial charge in [-0.25, -0.2) is 0 Å². The Bertz CT molecular complexity index is 838. The Hall–Kier alpha value is -3.27. The van der Waals surface area contributed by atoms with Gasteiger partial charge in [0.25, 0.3) is 0 Å². The van der Waals surface area contributed by atoms with Gasteiger partial charge in [0.1, 0.15) is 5.75 Å². The van der Waals surface area contributed by atoms with Crippen molar-refractivity contribution in [3.8, 4) is 5.75 Å². The molecule has 0 radical (unpaired) electrons. The van der Waals surface area contributed by atoms with E-state index < -0.39 is 0 Å². The van der Waals surface area contributed by atoms with Gasteiger partial charge in [-0.2, -0.15) is 0 Å². The lowest BCUT2D eigenvalue weighted by Crippen LogP contribution is -2.23. The maximum Gasteiger partial charge on any atom is 0.221 e. The van der Waals surface area contributed by atoms with E-state index in [2.05, 4.69) is 34.5 Å². The second kappa shape index (κ2) is 8.90. The largest absolute Gasteiger partial charge is 0.495 e. The highest BCUT2D eigenvalue weighted by molar-refractivity contribution is 5.89. The number of methoxy groups -OCH3 is 1. The van der Waals surface area contributed by atoms with E-state index in [0.29, 0.717) is 0 Å². The molecule has 0 aliphatic heterocycles. The minimum atomic E-state index is -0.0937. The van der Waals surface area contributed by atoms with Crippen LogP contribution < -0.4 is 15.0 Å². The molecule has 0 saturated carbocycles. The van der Waals surface area contributed by atoms with Gasteiger partial charge in [0.05, 0.1) is 12.8 Å². The van der Waals surface area contributed by atoms with E-state index in [0.717, 1.165) is 30.2 Å². The van der Waals surface area contributed by atoms with Crippen LogP contribution in [0, 0.1) is 0 Å². The predicted octanol–water partition coefficient (Wildman–Crippen LogP) is 4.86. The molecule has 0 heterocycles. The average molecular weight is 360 g/mol. The van der Waals surface area contributed by atoms with E-state index in [1.165, 1.54) is 18.1 Å². The van der Waals surface area contributed by atoms with Gasteiger partial charge in [-0.3, -0.25) is 4.79 Å².